The molecule has 3 unspecified atom stereocenters. The Balaban J connectivity index is 4.33. The van der Waals surface area contributed by atoms with Crippen molar-refractivity contribution in [1.29, 1.82) is 0 Å². The monoisotopic (exact) mass is 244 g/mol. The van der Waals surface area contributed by atoms with Crippen molar-refractivity contribution in [2.75, 3.05) is 33.4 Å². The van der Waals surface area contributed by atoms with E-state index in [1.165, 1.54) is 6.42 Å². The molecule has 0 rings (SSSR count). The highest BCUT2D eigenvalue weighted by molar-refractivity contribution is 4.78. The van der Waals surface area contributed by atoms with E-state index in [-0.39, 0.29) is 0 Å². The van der Waals surface area contributed by atoms with E-state index in [1.807, 2.05) is 0 Å². The molecular formula is C14H32N2O. The van der Waals surface area contributed by atoms with Gasteiger partial charge in [0.1, 0.15) is 0 Å². The Morgan fingerprint density at radius 2 is 1.82 bits per heavy atom. The lowest BCUT2D eigenvalue weighted by Crippen LogP contribution is -2.47. The largest absolute Gasteiger partial charge is 0.383 e. The predicted molar refractivity (Wildman–Crippen MR) is 75.5 cm³/mol. The Hall–Kier alpha value is -0.120. The summed E-state index contributed by atoms with van der Waals surface area (Å²) in [6.45, 7) is 15.4. The van der Waals surface area contributed by atoms with Crippen LogP contribution in [-0.4, -0.2) is 50.3 Å². The Morgan fingerprint density at radius 3 is 2.29 bits per heavy atom. The van der Waals surface area contributed by atoms with Crippen LogP contribution in [0.3, 0.4) is 0 Å². The van der Waals surface area contributed by atoms with E-state index in [9.17, 15) is 0 Å². The SMILES string of the molecule is CCNCC(C)C(C)N(CCOC)C(C)CC. The standard InChI is InChI=1S/C14H32N2O/c1-7-13(4)16(9-10-17-6)14(5)12(3)11-15-8-2/h12-15H,7-11H2,1-6H3. The third-order valence-corrected chi connectivity index (χ3v) is 3.77. The summed E-state index contributed by atoms with van der Waals surface area (Å²) in [6.07, 6.45) is 1.20. The molecule has 1 N–H and O–H groups in total. The van der Waals surface area contributed by atoms with Gasteiger partial charge in [0.25, 0.3) is 0 Å². The van der Waals surface area contributed by atoms with Gasteiger partial charge in [0.2, 0.25) is 0 Å². The number of nitrogens with zero attached hydrogens (tertiary/aromatic N) is 1. The highest BCUT2D eigenvalue weighted by Crippen LogP contribution is 2.15. The highest BCUT2D eigenvalue weighted by Gasteiger charge is 2.23. The number of nitrogens with one attached hydrogen (secondary N) is 1. The van der Waals surface area contributed by atoms with Crippen molar-refractivity contribution in [3.05, 3.63) is 0 Å². The van der Waals surface area contributed by atoms with Gasteiger partial charge < -0.3 is 10.1 Å². The number of ether oxygens (including phenoxy) is 1. The lowest BCUT2D eigenvalue weighted by Gasteiger charge is -2.37. The molecule has 0 spiro atoms. The van der Waals surface area contributed by atoms with Crippen molar-refractivity contribution in [2.24, 2.45) is 5.92 Å². The second kappa shape index (κ2) is 9.86. The molecule has 0 fully saturated rings. The lowest BCUT2D eigenvalue weighted by atomic mass is 9.99. The maximum Gasteiger partial charge on any atom is 0.0589 e. The van der Waals surface area contributed by atoms with E-state index in [4.69, 9.17) is 4.74 Å². The molecule has 3 nitrogen and oxygen atoms in total. The molecule has 3 atom stereocenters. The first-order valence-electron chi connectivity index (χ1n) is 7.03. The number of hydrogen-bond donors (Lipinski definition) is 1. The third-order valence-electron chi connectivity index (χ3n) is 3.77. The van der Waals surface area contributed by atoms with Gasteiger partial charge in [0.15, 0.2) is 0 Å². The van der Waals surface area contributed by atoms with Crippen LogP contribution < -0.4 is 5.32 Å². The fraction of sp³-hybridized carbons (Fsp3) is 1.00. The zero-order chi connectivity index (χ0) is 13.3. The molecule has 104 valence electrons. The first kappa shape index (κ1) is 16.9. The first-order valence-corrected chi connectivity index (χ1v) is 7.03. The summed E-state index contributed by atoms with van der Waals surface area (Å²) in [7, 11) is 1.78. The van der Waals surface area contributed by atoms with Crippen LogP contribution in [0.15, 0.2) is 0 Å². The topological polar surface area (TPSA) is 24.5 Å². The minimum absolute atomic E-state index is 0.596. The maximum absolute atomic E-state index is 5.22. The Labute approximate surface area is 108 Å². The van der Waals surface area contributed by atoms with Crippen LogP contribution in [0.2, 0.25) is 0 Å². The van der Waals surface area contributed by atoms with Crippen molar-refractivity contribution >= 4 is 0 Å². The minimum atomic E-state index is 0.596. The molecule has 3 heteroatoms. The van der Waals surface area contributed by atoms with Gasteiger partial charge in [-0.2, -0.15) is 0 Å². The molecule has 0 bridgehead atoms. The first-order chi connectivity index (χ1) is 8.08. The molecule has 0 amide bonds. The fourth-order valence-electron chi connectivity index (χ4n) is 2.13. The average Bonchev–Trinajstić information content (AvgIpc) is 2.35. The van der Waals surface area contributed by atoms with Crippen LogP contribution >= 0.6 is 0 Å². The average molecular weight is 244 g/mol. The molecule has 0 aliphatic rings. The number of hydrogen-bond acceptors (Lipinski definition) is 3. The Kier molecular flexibility index (Phi) is 9.79. The van der Waals surface area contributed by atoms with Gasteiger partial charge in [0, 0.05) is 25.7 Å². The molecule has 0 saturated heterocycles. The van der Waals surface area contributed by atoms with Crippen molar-refractivity contribution in [2.45, 2.75) is 53.1 Å². The Bertz CT molecular complexity index is 176. The van der Waals surface area contributed by atoms with Gasteiger partial charge in [-0.3, -0.25) is 4.90 Å². The zero-order valence-electron chi connectivity index (χ0n) is 12.6. The van der Waals surface area contributed by atoms with Gasteiger partial charge in [-0.15, -0.1) is 0 Å². The third kappa shape index (κ3) is 6.39. The predicted octanol–water partition coefficient (Wildman–Crippen LogP) is 2.37. The summed E-state index contributed by atoms with van der Waals surface area (Å²) in [5.41, 5.74) is 0. The molecule has 17 heavy (non-hydrogen) atoms. The summed E-state index contributed by atoms with van der Waals surface area (Å²) in [5, 5.41) is 3.44. The second-order valence-electron chi connectivity index (χ2n) is 5.01. The van der Waals surface area contributed by atoms with E-state index < -0.39 is 0 Å². The molecule has 0 aliphatic carbocycles. The molecule has 0 aromatic heterocycles. The van der Waals surface area contributed by atoms with E-state index in [2.05, 4.69) is 44.8 Å². The van der Waals surface area contributed by atoms with Crippen molar-refractivity contribution < 1.29 is 4.74 Å². The van der Waals surface area contributed by atoms with Gasteiger partial charge in [0.05, 0.1) is 6.61 Å². The van der Waals surface area contributed by atoms with Gasteiger partial charge in [-0.25, -0.2) is 0 Å². The van der Waals surface area contributed by atoms with E-state index in [0.717, 1.165) is 26.2 Å². The summed E-state index contributed by atoms with van der Waals surface area (Å²) >= 11 is 0. The quantitative estimate of drug-likeness (QED) is 0.638. The summed E-state index contributed by atoms with van der Waals surface area (Å²) in [4.78, 5) is 2.57. The van der Waals surface area contributed by atoms with E-state index in [0.29, 0.717) is 18.0 Å². The molecule has 0 saturated carbocycles. The molecule has 0 radical (unpaired) electrons. The zero-order valence-corrected chi connectivity index (χ0v) is 12.6. The maximum atomic E-state index is 5.22. The van der Waals surface area contributed by atoms with Gasteiger partial charge in [-0.05, 0) is 39.3 Å². The molecule has 0 aromatic rings. The second-order valence-corrected chi connectivity index (χ2v) is 5.01. The van der Waals surface area contributed by atoms with Crippen LogP contribution in [0.25, 0.3) is 0 Å². The summed E-state index contributed by atoms with van der Waals surface area (Å²) < 4.78 is 5.22. The molecule has 0 aromatic carbocycles. The summed E-state index contributed by atoms with van der Waals surface area (Å²) in [6, 6.07) is 1.23. The van der Waals surface area contributed by atoms with Crippen LogP contribution in [0.5, 0.6) is 0 Å². The fourth-order valence-corrected chi connectivity index (χ4v) is 2.13. The van der Waals surface area contributed by atoms with Crippen molar-refractivity contribution in [1.82, 2.24) is 10.2 Å². The van der Waals surface area contributed by atoms with Crippen LogP contribution in [-0.2, 0) is 4.74 Å². The van der Waals surface area contributed by atoms with E-state index in [1.54, 1.807) is 7.11 Å². The molecular weight excluding hydrogens is 212 g/mol. The van der Waals surface area contributed by atoms with Crippen LogP contribution in [0.1, 0.15) is 41.0 Å². The smallest absolute Gasteiger partial charge is 0.0589 e. The highest BCUT2D eigenvalue weighted by atomic mass is 16.5. The van der Waals surface area contributed by atoms with Crippen molar-refractivity contribution in [3.8, 4) is 0 Å². The molecule has 0 aliphatic heterocycles. The lowest BCUT2D eigenvalue weighted by molar-refractivity contribution is 0.0727. The minimum Gasteiger partial charge on any atom is -0.383 e. The number of methoxy groups -OCH3 is 1. The van der Waals surface area contributed by atoms with Crippen molar-refractivity contribution in [3.63, 3.8) is 0 Å². The summed E-state index contributed by atoms with van der Waals surface area (Å²) in [5.74, 6) is 0.667. The van der Waals surface area contributed by atoms with E-state index >= 15 is 0 Å². The Morgan fingerprint density at radius 1 is 1.18 bits per heavy atom. The normalized spacial score (nSPS) is 17.1. The molecule has 0 heterocycles. The van der Waals surface area contributed by atoms with Crippen LogP contribution in [0.4, 0.5) is 0 Å². The number of rotatable bonds is 10. The van der Waals surface area contributed by atoms with Gasteiger partial charge >= 0.3 is 0 Å². The van der Waals surface area contributed by atoms with Crippen LogP contribution in [0, 0.1) is 5.92 Å². The van der Waals surface area contributed by atoms with Gasteiger partial charge in [-0.1, -0.05) is 20.8 Å².